The Morgan fingerprint density at radius 2 is 2.11 bits per heavy atom. The SMILES string of the molecule is CCCCc1ncnc(NCc2c(-c3ccc(O[C@H]4CCC[C@H](C(=O)O)C4)c(C)n3)nnn2C)n1. The molecule has 1 aliphatic rings. The summed E-state index contributed by atoms with van der Waals surface area (Å²) in [4.78, 5) is 29.0. The average Bonchev–Trinajstić information content (AvgIpc) is 3.23. The number of carboxylic acid groups (broad SMARTS) is 1. The Labute approximate surface area is 204 Å². The highest BCUT2D eigenvalue weighted by molar-refractivity contribution is 5.70. The summed E-state index contributed by atoms with van der Waals surface area (Å²) in [5.74, 6) is 0.856. The highest BCUT2D eigenvalue weighted by atomic mass is 16.5. The van der Waals surface area contributed by atoms with E-state index in [1.54, 1.807) is 4.68 Å². The van der Waals surface area contributed by atoms with Crippen LogP contribution in [0.3, 0.4) is 0 Å². The maximum Gasteiger partial charge on any atom is 0.306 e. The summed E-state index contributed by atoms with van der Waals surface area (Å²) in [6, 6.07) is 3.74. The lowest BCUT2D eigenvalue weighted by atomic mass is 9.87. The normalized spacial score (nSPS) is 17.8. The number of anilines is 1. The van der Waals surface area contributed by atoms with Crippen molar-refractivity contribution in [3.63, 3.8) is 0 Å². The molecule has 0 saturated heterocycles. The molecule has 0 amide bonds. The van der Waals surface area contributed by atoms with E-state index in [0.29, 0.717) is 42.5 Å². The number of nitrogens with one attached hydrogen (secondary N) is 1. The smallest absolute Gasteiger partial charge is 0.306 e. The predicted molar refractivity (Wildman–Crippen MR) is 129 cm³/mol. The van der Waals surface area contributed by atoms with Crippen molar-refractivity contribution in [1.29, 1.82) is 0 Å². The largest absolute Gasteiger partial charge is 0.489 e. The lowest BCUT2D eigenvalue weighted by molar-refractivity contribution is -0.143. The van der Waals surface area contributed by atoms with Gasteiger partial charge in [0.2, 0.25) is 5.95 Å². The molecule has 0 unspecified atom stereocenters. The average molecular weight is 481 g/mol. The Bertz CT molecular complexity index is 1170. The number of hydrogen-bond donors (Lipinski definition) is 2. The van der Waals surface area contributed by atoms with Gasteiger partial charge in [0, 0.05) is 13.5 Å². The molecule has 3 heterocycles. The fourth-order valence-electron chi connectivity index (χ4n) is 4.27. The molecule has 1 saturated carbocycles. The zero-order valence-electron chi connectivity index (χ0n) is 20.4. The number of nitrogens with zero attached hydrogens (tertiary/aromatic N) is 7. The maximum atomic E-state index is 11.4. The van der Waals surface area contributed by atoms with Gasteiger partial charge in [0.05, 0.1) is 35.6 Å². The summed E-state index contributed by atoms with van der Waals surface area (Å²) >= 11 is 0. The molecule has 1 aliphatic carbocycles. The summed E-state index contributed by atoms with van der Waals surface area (Å²) < 4.78 is 7.84. The third-order valence-corrected chi connectivity index (χ3v) is 6.28. The van der Waals surface area contributed by atoms with Crippen molar-refractivity contribution in [2.75, 3.05) is 5.32 Å². The second-order valence-electron chi connectivity index (χ2n) is 8.91. The van der Waals surface area contributed by atoms with Crippen LogP contribution in [0, 0.1) is 12.8 Å². The van der Waals surface area contributed by atoms with Crippen molar-refractivity contribution in [3.8, 4) is 17.1 Å². The monoisotopic (exact) mass is 480 g/mol. The molecule has 2 N–H and O–H groups in total. The molecule has 0 aromatic carbocycles. The number of carboxylic acids is 1. The number of carbonyl (C=O) groups is 1. The van der Waals surface area contributed by atoms with E-state index in [0.717, 1.165) is 49.3 Å². The number of rotatable bonds is 10. The molecule has 11 heteroatoms. The van der Waals surface area contributed by atoms with Gasteiger partial charge >= 0.3 is 5.97 Å². The van der Waals surface area contributed by atoms with Gasteiger partial charge in [-0.1, -0.05) is 18.6 Å². The van der Waals surface area contributed by atoms with Gasteiger partial charge in [-0.15, -0.1) is 5.10 Å². The fraction of sp³-hybridized carbons (Fsp3) is 0.542. The molecule has 2 atom stereocenters. The third kappa shape index (κ3) is 6.09. The van der Waals surface area contributed by atoms with Gasteiger partial charge < -0.3 is 15.2 Å². The van der Waals surface area contributed by atoms with Crippen LogP contribution < -0.4 is 10.1 Å². The minimum atomic E-state index is -0.748. The first-order valence-electron chi connectivity index (χ1n) is 12.1. The van der Waals surface area contributed by atoms with Crippen molar-refractivity contribution in [2.24, 2.45) is 13.0 Å². The van der Waals surface area contributed by atoms with Crippen LogP contribution in [0.1, 0.15) is 62.7 Å². The predicted octanol–water partition coefficient (Wildman–Crippen LogP) is 3.35. The summed E-state index contributed by atoms with van der Waals surface area (Å²) in [5.41, 5.74) is 2.92. The van der Waals surface area contributed by atoms with Crippen LogP contribution in [0.2, 0.25) is 0 Å². The molecule has 11 nitrogen and oxygen atoms in total. The van der Waals surface area contributed by atoms with Crippen LogP contribution in [0.25, 0.3) is 11.4 Å². The minimum absolute atomic E-state index is 0.116. The number of ether oxygens (including phenoxy) is 1. The molecule has 0 spiro atoms. The Kier molecular flexibility index (Phi) is 7.84. The van der Waals surface area contributed by atoms with E-state index in [1.807, 2.05) is 26.1 Å². The zero-order valence-corrected chi connectivity index (χ0v) is 20.4. The number of pyridine rings is 1. The quantitative estimate of drug-likeness (QED) is 0.444. The summed E-state index contributed by atoms with van der Waals surface area (Å²) in [5, 5.41) is 21.1. The van der Waals surface area contributed by atoms with Gasteiger partial charge in [0.1, 0.15) is 23.6 Å². The van der Waals surface area contributed by atoms with Crippen molar-refractivity contribution in [1.82, 2.24) is 34.9 Å². The molecule has 0 bridgehead atoms. The lowest BCUT2D eigenvalue weighted by Gasteiger charge is -2.27. The standard InChI is InChI=1S/C24H32N8O3/c1-4-5-9-21-26-14-27-24(29-21)25-13-19-22(30-31-32(19)3)18-10-11-20(15(2)28-18)35-17-8-6-7-16(12-17)23(33)34/h10-11,14,16-17H,4-9,12-13H2,1-3H3,(H,33,34)(H,25,26,27,29)/t16-,17-/m0/s1. The molecule has 35 heavy (non-hydrogen) atoms. The highest BCUT2D eigenvalue weighted by Gasteiger charge is 2.28. The Morgan fingerprint density at radius 1 is 1.26 bits per heavy atom. The van der Waals surface area contributed by atoms with Crippen LogP contribution in [-0.4, -0.2) is 52.1 Å². The Balaban J connectivity index is 1.45. The van der Waals surface area contributed by atoms with Gasteiger partial charge in [0.15, 0.2) is 0 Å². The zero-order chi connectivity index (χ0) is 24.8. The van der Waals surface area contributed by atoms with Gasteiger partial charge in [-0.3, -0.25) is 4.79 Å². The molecular weight excluding hydrogens is 448 g/mol. The molecule has 0 aliphatic heterocycles. The molecular formula is C24H32N8O3. The first kappa shape index (κ1) is 24.5. The van der Waals surface area contributed by atoms with E-state index in [-0.39, 0.29) is 12.0 Å². The van der Waals surface area contributed by atoms with Crippen molar-refractivity contribution >= 4 is 11.9 Å². The topological polar surface area (TPSA) is 141 Å². The summed E-state index contributed by atoms with van der Waals surface area (Å²) in [7, 11) is 1.83. The van der Waals surface area contributed by atoms with Crippen molar-refractivity contribution < 1.29 is 14.6 Å². The summed E-state index contributed by atoms with van der Waals surface area (Å²) in [6.07, 6.45) is 7.27. The van der Waals surface area contributed by atoms with Gasteiger partial charge in [-0.2, -0.15) is 4.98 Å². The van der Waals surface area contributed by atoms with E-state index in [2.05, 4.69) is 37.5 Å². The molecule has 0 radical (unpaired) electrons. The van der Waals surface area contributed by atoms with E-state index in [1.165, 1.54) is 6.33 Å². The molecule has 3 aromatic heterocycles. The maximum absolute atomic E-state index is 11.4. The molecule has 1 fully saturated rings. The van der Waals surface area contributed by atoms with Crippen molar-refractivity contribution in [2.45, 2.75) is 71.4 Å². The van der Waals surface area contributed by atoms with Crippen LogP contribution in [0.15, 0.2) is 18.5 Å². The first-order chi connectivity index (χ1) is 16.9. The van der Waals surface area contributed by atoms with E-state index in [4.69, 9.17) is 9.72 Å². The third-order valence-electron chi connectivity index (χ3n) is 6.28. The van der Waals surface area contributed by atoms with Crippen LogP contribution in [0.5, 0.6) is 5.75 Å². The van der Waals surface area contributed by atoms with E-state index < -0.39 is 5.97 Å². The second-order valence-corrected chi connectivity index (χ2v) is 8.91. The van der Waals surface area contributed by atoms with E-state index in [9.17, 15) is 9.90 Å². The molecule has 4 rings (SSSR count). The number of aryl methyl sites for hydroxylation is 3. The van der Waals surface area contributed by atoms with Gasteiger partial charge in [0.25, 0.3) is 0 Å². The first-order valence-corrected chi connectivity index (χ1v) is 12.1. The van der Waals surface area contributed by atoms with Crippen molar-refractivity contribution in [3.05, 3.63) is 35.7 Å². The minimum Gasteiger partial charge on any atom is -0.489 e. The number of aromatic nitrogens is 7. The number of aliphatic carboxylic acids is 1. The van der Waals surface area contributed by atoms with Crippen LogP contribution >= 0.6 is 0 Å². The second kappa shape index (κ2) is 11.2. The van der Waals surface area contributed by atoms with Crippen LogP contribution in [-0.2, 0) is 24.8 Å². The number of hydrogen-bond acceptors (Lipinski definition) is 9. The highest BCUT2D eigenvalue weighted by Crippen LogP contribution is 2.30. The Hall–Kier alpha value is -3.63. The van der Waals surface area contributed by atoms with Gasteiger partial charge in [-0.05, 0) is 51.2 Å². The summed E-state index contributed by atoms with van der Waals surface area (Å²) in [6.45, 7) is 4.44. The van der Waals surface area contributed by atoms with Gasteiger partial charge in [-0.25, -0.2) is 19.6 Å². The molecule has 3 aromatic rings. The van der Waals surface area contributed by atoms with E-state index >= 15 is 0 Å². The molecule has 186 valence electrons. The van der Waals surface area contributed by atoms with Crippen LogP contribution in [0.4, 0.5) is 5.95 Å². The lowest BCUT2D eigenvalue weighted by Crippen LogP contribution is -2.29. The fourth-order valence-corrected chi connectivity index (χ4v) is 4.27. The Morgan fingerprint density at radius 3 is 2.89 bits per heavy atom. The number of unbranched alkanes of at least 4 members (excludes halogenated alkanes) is 1.